The average Bonchev–Trinajstić information content (AvgIpc) is 3.06. The Labute approximate surface area is 150 Å². The molecule has 1 amide bonds. The van der Waals surface area contributed by atoms with Crippen molar-refractivity contribution in [1.82, 2.24) is 14.9 Å². The van der Waals surface area contributed by atoms with Gasteiger partial charge in [-0.25, -0.2) is 9.37 Å². The Bertz CT molecular complexity index is 850. The quantitative estimate of drug-likeness (QED) is 0.854. The van der Waals surface area contributed by atoms with Crippen LogP contribution in [-0.2, 0) is 14.3 Å². The zero-order chi connectivity index (χ0) is 18.3. The lowest BCUT2D eigenvalue weighted by Gasteiger charge is -2.23. The molecule has 0 unspecified atom stereocenters. The molecule has 136 valence electrons. The molecule has 0 radical (unpaired) electrons. The van der Waals surface area contributed by atoms with Gasteiger partial charge in [0.05, 0.1) is 36.9 Å². The number of nitrogens with one attached hydrogen (secondary N) is 1. The van der Waals surface area contributed by atoms with Crippen molar-refractivity contribution in [1.29, 1.82) is 0 Å². The van der Waals surface area contributed by atoms with Gasteiger partial charge >= 0.3 is 5.97 Å². The molecule has 0 spiro atoms. The van der Waals surface area contributed by atoms with Crippen molar-refractivity contribution in [2.75, 3.05) is 13.7 Å². The van der Waals surface area contributed by atoms with Crippen LogP contribution in [0.3, 0.4) is 0 Å². The molecule has 3 atom stereocenters. The van der Waals surface area contributed by atoms with Crippen molar-refractivity contribution in [2.24, 2.45) is 11.8 Å². The van der Waals surface area contributed by atoms with E-state index in [0.29, 0.717) is 30.0 Å². The summed E-state index contributed by atoms with van der Waals surface area (Å²) < 4.78 is 18.7. The van der Waals surface area contributed by atoms with E-state index in [1.54, 1.807) is 29.3 Å². The van der Waals surface area contributed by atoms with Crippen molar-refractivity contribution in [3.8, 4) is 11.3 Å². The van der Waals surface area contributed by atoms with Crippen LogP contribution in [0.4, 0.5) is 4.39 Å². The Morgan fingerprint density at radius 2 is 2.12 bits per heavy atom. The predicted octanol–water partition coefficient (Wildman–Crippen LogP) is 2.69. The van der Waals surface area contributed by atoms with Crippen LogP contribution in [0.5, 0.6) is 0 Å². The number of imidazole rings is 1. The highest BCUT2D eigenvalue weighted by atomic mass is 19.1. The largest absolute Gasteiger partial charge is 0.469 e. The van der Waals surface area contributed by atoms with E-state index in [4.69, 9.17) is 4.74 Å². The number of carbonyl (C=O) groups excluding carboxylic acids is 2. The average molecular weight is 357 g/mol. The minimum atomic E-state index is -0.320. The number of halogens is 1. The van der Waals surface area contributed by atoms with Crippen LogP contribution in [0.1, 0.15) is 31.1 Å². The first kappa shape index (κ1) is 16.8. The monoisotopic (exact) mass is 357 g/mol. The summed E-state index contributed by atoms with van der Waals surface area (Å²) in [6.07, 6.45) is 3.82. The molecular formula is C19H20FN3O3. The van der Waals surface area contributed by atoms with Crippen molar-refractivity contribution in [3.63, 3.8) is 0 Å². The molecule has 6 nitrogen and oxygen atoms in total. The molecule has 1 aliphatic heterocycles. The highest BCUT2D eigenvalue weighted by Gasteiger charge is 2.52. The summed E-state index contributed by atoms with van der Waals surface area (Å²) in [5, 5.41) is 0. The van der Waals surface area contributed by atoms with Crippen molar-refractivity contribution in [2.45, 2.75) is 25.3 Å². The van der Waals surface area contributed by atoms with E-state index >= 15 is 0 Å². The van der Waals surface area contributed by atoms with Crippen molar-refractivity contribution >= 4 is 11.9 Å². The molecule has 7 heteroatoms. The summed E-state index contributed by atoms with van der Waals surface area (Å²) in [6.45, 7) is 0.642. The third kappa shape index (κ3) is 2.87. The van der Waals surface area contributed by atoms with Crippen molar-refractivity contribution in [3.05, 3.63) is 42.1 Å². The molecule has 2 heterocycles. The number of nitrogens with zero attached hydrogens (tertiary/aromatic N) is 2. The fraction of sp³-hybridized carbons (Fsp3) is 0.421. The van der Waals surface area contributed by atoms with E-state index in [1.165, 1.54) is 13.2 Å². The second-order valence-corrected chi connectivity index (χ2v) is 6.82. The molecule has 2 aliphatic rings. The molecule has 2 aromatic rings. The highest BCUT2D eigenvalue weighted by Crippen LogP contribution is 2.44. The maximum atomic E-state index is 14.0. The zero-order valence-electron chi connectivity index (χ0n) is 14.4. The second-order valence-electron chi connectivity index (χ2n) is 6.82. The number of methoxy groups -OCH3 is 1. The predicted molar refractivity (Wildman–Crippen MR) is 91.3 cm³/mol. The van der Waals surface area contributed by atoms with Gasteiger partial charge in [-0.3, -0.25) is 9.59 Å². The van der Waals surface area contributed by atoms with E-state index in [2.05, 4.69) is 9.97 Å². The Kier molecular flexibility index (Phi) is 4.22. The van der Waals surface area contributed by atoms with Gasteiger partial charge in [0.1, 0.15) is 11.6 Å². The van der Waals surface area contributed by atoms with Gasteiger partial charge in [-0.2, -0.15) is 0 Å². The Morgan fingerprint density at radius 1 is 1.31 bits per heavy atom. The van der Waals surface area contributed by atoms with Crippen molar-refractivity contribution < 1.29 is 18.7 Å². The number of rotatable bonds is 4. The van der Waals surface area contributed by atoms with Crippen LogP contribution in [-0.4, -0.2) is 40.4 Å². The minimum Gasteiger partial charge on any atom is -0.469 e. The maximum Gasteiger partial charge on any atom is 0.309 e. The van der Waals surface area contributed by atoms with Gasteiger partial charge in [0.15, 0.2) is 0 Å². The van der Waals surface area contributed by atoms with Crippen LogP contribution in [0.2, 0.25) is 0 Å². The number of esters is 1. The number of hydrogen-bond acceptors (Lipinski definition) is 4. The number of amides is 1. The summed E-state index contributed by atoms with van der Waals surface area (Å²) in [7, 11) is 1.34. The summed E-state index contributed by atoms with van der Waals surface area (Å²) >= 11 is 0. The van der Waals surface area contributed by atoms with E-state index in [1.807, 2.05) is 0 Å². The van der Waals surface area contributed by atoms with Crippen LogP contribution in [0, 0.1) is 17.7 Å². The molecular weight excluding hydrogens is 337 g/mol. The first-order chi connectivity index (χ1) is 12.6. The number of ether oxygens (including phenoxy) is 1. The smallest absolute Gasteiger partial charge is 0.309 e. The second kappa shape index (κ2) is 6.55. The molecule has 4 rings (SSSR count). The van der Waals surface area contributed by atoms with Gasteiger partial charge in [-0.1, -0.05) is 12.1 Å². The highest BCUT2D eigenvalue weighted by molar-refractivity contribution is 5.90. The molecule has 1 saturated heterocycles. The number of aromatic amines is 1. The fourth-order valence-electron chi connectivity index (χ4n) is 3.73. The first-order valence-electron chi connectivity index (χ1n) is 8.78. The van der Waals surface area contributed by atoms with Gasteiger partial charge in [0, 0.05) is 12.1 Å². The molecule has 1 aromatic carbocycles. The molecule has 26 heavy (non-hydrogen) atoms. The first-order valence-corrected chi connectivity index (χ1v) is 8.78. The Morgan fingerprint density at radius 3 is 2.88 bits per heavy atom. The molecule has 1 N–H and O–H groups in total. The number of hydrogen-bond donors (Lipinski definition) is 1. The third-order valence-corrected chi connectivity index (χ3v) is 5.22. The number of aromatic nitrogens is 2. The summed E-state index contributed by atoms with van der Waals surface area (Å²) in [4.78, 5) is 33.7. The van der Waals surface area contributed by atoms with E-state index in [-0.39, 0.29) is 35.6 Å². The van der Waals surface area contributed by atoms with Gasteiger partial charge in [-0.15, -0.1) is 0 Å². The molecule has 1 aromatic heterocycles. The number of H-pyrrole nitrogens is 1. The number of benzene rings is 1. The fourth-order valence-corrected chi connectivity index (χ4v) is 3.73. The van der Waals surface area contributed by atoms with Gasteiger partial charge in [-0.05, 0) is 31.4 Å². The SMILES string of the molecule is COC(=O)[C@@H]1C[C@@H]1C(=O)N1CCC[C@H]1c1ncc(-c2ccccc2F)[nH]1. The standard InChI is InChI=1S/C19H20FN3O3/c1-26-19(25)13-9-12(13)18(24)23-8-4-7-16(23)17-21-10-15(22-17)11-5-2-3-6-14(11)20/h2-3,5-6,10,12-13,16H,4,7-9H2,1H3,(H,21,22)/t12-,13+,16-/m0/s1. The van der Waals surface area contributed by atoms with E-state index < -0.39 is 0 Å². The Balaban J connectivity index is 1.52. The molecule has 0 bridgehead atoms. The van der Waals surface area contributed by atoms with E-state index in [0.717, 1.165) is 12.8 Å². The van der Waals surface area contributed by atoms with Crippen LogP contribution in [0.25, 0.3) is 11.3 Å². The lowest BCUT2D eigenvalue weighted by Crippen LogP contribution is -2.33. The zero-order valence-corrected chi connectivity index (χ0v) is 14.4. The maximum absolute atomic E-state index is 14.0. The van der Waals surface area contributed by atoms with Gasteiger partial charge < -0.3 is 14.6 Å². The lowest BCUT2D eigenvalue weighted by molar-refractivity contribution is -0.145. The third-order valence-electron chi connectivity index (χ3n) is 5.22. The Hall–Kier alpha value is -2.70. The summed E-state index contributed by atoms with van der Waals surface area (Å²) in [6, 6.07) is 6.34. The van der Waals surface area contributed by atoms with Crippen LogP contribution < -0.4 is 0 Å². The molecule has 1 saturated carbocycles. The number of likely N-dealkylation sites (tertiary alicyclic amines) is 1. The topological polar surface area (TPSA) is 75.3 Å². The molecule has 1 aliphatic carbocycles. The van der Waals surface area contributed by atoms with E-state index in [9.17, 15) is 14.0 Å². The van der Waals surface area contributed by atoms with Gasteiger partial charge in [0.25, 0.3) is 0 Å². The molecule has 2 fully saturated rings. The summed E-state index contributed by atoms with van der Waals surface area (Å²) in [5.74, 6) is -0.612. The van der Waals surface area contributed by atoms with Gasteiger partial charge in [0.2, 0.25) is 5.91 Å². The number of carbonyl (C=O) groups is 2. The normalized spacial score (nSPS) is 24.5. The van der Waals surface area contributed by atoms with Crippen LogP contribution in [0.15, 0.2) is 30.5 Å². The lowest BCUT2D eigenvalue weighted by atomic mass is 10.1. The van der Waals surface area contributed by atoms with Crippen LogP contribution >= 0.6 is 0 Å². The minimum absolute atomic E-state index is 0.0215. The summed E-state index contributed by atoms with van der Waals surface area (Å²) in [5.41, 5.74) is 1.05.